The molecule has 31 heavy (non-hydrogen) atoms. The minimum Gasteiger partial charge on any atom is -0.474 e. The van der Waals surface area contributed by atoms with E-state index in [1.807, 2.05) is 6.07 Å². The van der Waals surface area contributed by atoms with Crippen molar-refractivity contribution < 1.29 is 22.7 Å². The molecule has 0 atom stereocenters. The van der Waals surface area contributed by atoms with E-state index in [0.717, 1.165) is 31.2 Å². The van der Waals surface area contributed by atoms with Gasteiger partial charge in [0.15, 0.2) is 0 Å². The van der Waals surface area contributed by atoms with Crippen molar-refractivity contribution in [1.29, 1.82) is 0 Å². The van der Waals surface area contributed by atoms with E-state index in [9.17, 15) is 13.2 Å². The van der Waals surface area contributed by atoms with Crippen LogP contribution in [0.2, 0.25) is 0 Å². The number of morpholine rings is 1. The summed E-state index contributed by atoms with van der Waals surface area (Å²) >= 11 is 0. The zero-order valence-corrected chi connectivity index (χ0v) is 18.1. The Morgan fingerprint density at radius 2 is 1.87 bits per heavy atom. The standard InChI is InChI=1S/C22H27N3O5S/c26-21(24-16-17-6-5-11-23-22(17)30-18-7-1-2-8-18)19-9-3-4-10-20(19)31(27,28)25-12-14-29-15-13-25/h3-6,9-11,18H,1-2,7-8,12-16H2,(H,24,26). The van der Waals surface area contributed by atoms with Crippen LogP contribution in [0.5, 0.6) is 5.88 Å². The second kappa shape index (κ2) is 9.76. The Balaban J connectivity index is 1.49. The highest BCUT2D eigenvalue weighted by Gasteiger charge is 2.30. The number of pyridine rings is 1. The average molecular weight is 446 g/mol. The molecule has 1 saturated carbocycles. The molecule has 4 rings (SSSR count). The largest absolute Gasteiger partial charge is 0.474 e. The molecule has 1 aromatic heterocycles. The smallest absolute Gasteiger partial charge is 0.252 e. The van der Waals surface area contributed by atoms with Gasteiger partial charge in [0.25, 0.3) is 5.91 Å². The monoisotopic (exact) mass is 445 g/mol. The summed E-state index contributed by atoms with van der Waals surface area (Å²) < 4.78 is 38.8. The molecule has 9 heteroatoms. The van der Waals surface area contributed by atoms with E-state index in [1.165, 1.54) is 16.4 Å². The first-order chi connectivity index (χ1) is 15.1. The van der Waals surface area contributed by atoms with Crippen LogP contribution < -0.4 is 10.1 Å². The fourth-order valence-electron chi connectivity index (χ4n) is 3.90. The molecule has 0 bridgehead atoms. The van der Waals surface area contributed by atoms with Gasteiger partial charge in [0.05, 0.1) is 23.7 Å². The average Bonchev–Trinajstić information content (AvgIpc) is 3.32. The first-order valence-corrected chi connectivity index (χ1v) is 12.1. The molecule has 0 unspecified atom stereocenters. The summed E-state index contributed by atoms with van der Waals surface area (Å²) in [7, 11) is -3.79. The molecule has 1 saturated heterocycles. The van der Waals surface area contributed by atoms with Crippen LogP contribution in [0.15, 0.2) is 47.5 Å². The number of carbonyl (C=O) groups excluding carboxylic acids is 1. The number of nitrogens with zero attached hydrogens (tertiary/aromatic N) is 2. The number of benzene rings is 1. The maximum Gasteiger partial charge on any atom is 0.252 e. The molecule has 1 aliphatic heterocycles. The highest BCUT2D eigenvalue weighted by Crippen LogP contribution is 2.25. The zero-order valence-electron chi connectivity index (χ0n) is 17.3. The Morgan fingerprint density at radius 1 is 1.13 bits per heavy atom. The van der Waals surface area contributed by atoms with Gasteiger partial charge in [-0.2, -0.15) is 4.31 Å². The lowest BCUT2D eigenvalue weighted by molar-refractivity contribution is 0.0730. The van der Waals surface area contributed by atoms with Gasteiger partial charge in [0, 0.05) is 31.4 Å². The number of nitrogens with one attached hydrogen (secondary N) is 1. The molecule has 2 aromatic rings. The van der Waals surface area contributed by atoms with Crippen molar-refractivity contribution in [3.63, 3.8) is 0 Å². The maximum atomic E-state index is 13.1. The Labute approximate surface area is 182 Å². The predicted molar refractivity (Wildman–Crippen MR) is 114 cm³/mol. The number of aromatic nitrogens is 1. The van der Waals surface area contributed by atoms with Gasteiger partial charge in [0.1, 0.15) is 6.10 Å². The molecule has 0 spiro atoms. The minimum absolute atomic E-state index is 0.00279. The van der Waals surface area contributed by atoms with Crippen molar-refractivity contribution in [2.75, 3.05) is 26.3 Å². The van der Waals surface area contributed by atoms with Gasteiger partial charge in [-0.15, -0.1) is 0 Å². The second-order valence-corrected chi connectivity index (χ2v) is 9.59. The fourth-order valence-corrected chi connectivity index (χ4v) is 5.50. The van der Waals surface area contributed by atoms with E-state index in [-0.39, 0.29) is 36.2 Å². The molecule has 1 aromatic carbocycles. The van der Waals surface area contributed by atoms with Gasteiger partial charge < -0.3 is 14.8 Å². The lowest BCUT2D eigenvalue weighted by atomic mass is 10.2. The second-order valence-electron chi connectivity index (χ2n) is 7.69. The third-order valence-electron chi connectivity index (χ3n) is 5.59. The van der Waals surface area contributed by atoms with E-state index in [1.54, 1.807) is 24.4 Å². The summed E-state index contributed by atoms with van der Waals surface area (Å²) in [6.45, 7) is 1.43. The Morgan fingerprint density at radius 3 is 2.65 bits per heavy atom. The Hall–Kier alpha value is -2.49. The molecule has 8 nitrogen and oxygen atoms in total. The van der Waals surface area contributed by atoms with Crippen molar-refractivity contribution in [2.45, 2.75) is 43.2 Å². The number of sulfonamides is 1. The first-order valence-electron chi connectivity index (χ1n) is 10.6. The van der Waals surface area contributed by atoms with Gasteiger partial charge in [-0.1, -0.05) is 18.2 Å². The van der Waals surface area contributed by atoms with Gasteiger partial charge in [0.2, 0.25) is 15.9 Å². The highest BCUT2D eigenvalue weighted by atomic mass is 32.2. The summed E-state index contributed by atoms with van der Waals surface area (Å²) in [5.41, 5.74) is 0.882. The number of rotatable bonds is 7. The molecule has 1 N–H and O–H groups in total. The van der Waals surface area contributed by atoms with E-state index in [0.29, 0.717) is 19.1 Å². The van der Waals surface area contributed by atoms with E-state index in [4.69, 9.17) is 9.47 Å². The number of amides is 1. The molecule has 2 aliphatic rings. The van der Waals surface area contributed by atoms with Crippen LogP contribution >= 0.6 is 0 Å². The molecule has 1 aliphatic carbocycles. The van der Waals surface area contributed by atoms with Gasteiger partial charge >= 0.3 is 0 Å². The molecule has 2 fully saturated rings. The van der Waals surface area contributed by atoms with Gasteiger partial charge in [-0.25, -0.2) is 13.4 Å². The summed E-state index contributed by atoms with van der Waals surface area (Å²) in [4.78, 5) is 17.3. The SMILES string of the molecule is O=C(NCc1cccnc1OC1CCCC1)c1ccccc1S(=O)(=O)N1CCOCC1. The number of hydrogen-bond donors (Lipinski definition) is 1. The van der Waals surface area contributed by atoms with Gasteiger partial charge in [-0.3, -0.25) is 4.79 Å². The third kappa shape index (κ3) is 5.06. The van der Waals surface area contributed by atoms with Crippen molar-refractivity contribution in [3.05, 3.63) is 53.7 Å². The van der Waals surface area contributed by atoms with Gasteiger partial charge in [-0.05, 0) is 43.9 Å². The molecule has 1 amide bonds. The number of ether oxygens (including phenoxy) is 2. The van der Waals surface area contributed by atoms with Crippen LogP contribution in [0.1, 0.15) is 41.6 Å². The lowest BCUT2D eigenvalue weighted by Gasteiger charge is -2.26. The highest BCUT2D eigenvalue weighted by molar-refractivity contribution is 7.89. The van der Waals surface area contributed by atoms with Crippen LogP contribution in [-0.4, -0.2) is 56.0 Å². The maximum absolute atomic E-state index is 13.1. The fraction of sp³-hybridized carbons (Fsp3) is 0.455. The number of hydrogen-bond acceptors (Lipinski definition) is 6. The summed E-state index contributed by atoms with van der Waals surface area (Å²) in [5, 5.41) is 2.83. The molecular weight excluding hydrogens is 418 g/mol. The minimum atomic E-state index is -3.79. The van der Waals surface area contributed by atoms with E-state index in [2.05, 4.69) is 10.3 Å². The summed E-state index contributed by atoms with van der Waals surface area (Å²) in [6, 6.07) is 9.93. The molecule has 0 radical (unpaired) electrons. The summed E-state index contributed by atoms with van der Waals surface area (Å²) in [5.74, 6) is 0.0621. The van der Waals surface area contributed by atoms with Crippen LogP contribution in [0.3, 0.4) is 0 Å². The van der Waals surface area contributed by atoms with E-state index < -0.39 is 15.9 Å². The Bertz CT molecular complexity index is 1020. The molecule has 166 valence electrons. The van der Waals surface area contributed by atoms with Crippen molar-refractivity contribution >= 4 is 15.9 Å². The normalized spacial score (nSPS) is 18.1. The molecular formula is C22H27N3O5S. The number of carbonyl (C=O) groups is 1. The first kappa shape index (κ1) is 21.7. The van der Waals surface area contributed by atoms with Crippen molar-refractivity contribution in [3.8, 4) is 5.88 Å². The molecule has 2 heterocycles. The third-order valence-corrected chi connectivity index (χ3v) is 7.55. The van der Waals surface area contributed by atoms with Crippen molar-refractivity contribution in [2.24, 2.45) is 0 Å². The van der Waals surface area contributed by atoms with Crippen LogP contribution in [0.25, 0.3) is 0 Å². The van der Waals surface area contributed by atoms with Crippen molar-refractivity contribution in [1.82, 2.24) is 14.6 Å². The van der Waals surface area contributed by atoms with E-state index >= 15 is 0 Å². The van der Waals surface area contributed by atoms with Crippen LogP contribution in [-0.2, 0) is 21.3 Å². The topological polar surface area (TPSA) is 97.8 Å². The van der Waals surface area contributed by atoms with Crippen LogP contribution in [0.4, 0.5) is 0 Å². The Kier molecular flexibility index (Phi) is 6.84. The van der Waals surface area contributed by atoms with Crippen LogP contribution in [0, 0.1) is 0 Å². The summed E-state index contributed by atoms with van der Waals surface area (Å²) in [6.07, 6.45) is 6.14. The zero-order chi connectivity index (χ0) is 21.7. The predicted octanol–water partition coefficient (Wildman–Crippen LogP) is 2.35. The lowest BCUT2D eigenvalue weighted by Crippen LogP contribution is -2.41. The quantitative estimate of drug-likeness (QED) is 0.703.